The van der Waals surface area contributed by atoms with Crippen LogP contribution >= 0.6 is 0 Å². The molecule has 2 N–H and O–H groups in total. The van der Waals surface area contributed by atoms with Crippen molar-refractivity contribution in [2.24, 2.45) is 10.3 Å². The number of benzene rings is 1. The normalized spacial score (nSPS) is 18.3. The highest BCUT2D eigenvalue weighted by molar-refractivity contribution is 5.86. The molecule has 0 aromatic heterocycles. The van der Waals surface area contributed by atoms with Crippen molar-refractivity contribution < 1.29 is 19.7 Å². The molecular formula is C15H19N3O4. The maximum absolute atomic E-state index is 11.2. The van der Waals surface area contributed by atoms with Gasteiger partial charge in [0.15, 0.2) is 0 Å². The fourth-order valence-electron chi connectivity index (χ4n) is 2.04. The average Bonchev–Trinajstić information content (AvgIpc) is 2.93. The summed E-state index contributed by atoms with van der Waals surface area (Å²) in [7, 11) is 0. The van der Waals surface area contributed by atoms with E-state index in [1.54, 1.807) is 30.1 Å². The lowest BCUT2D eigenvalue weighted by Gasteiger charge is -2.18. The monoisotopic (exact) mass is 305 g/mol. The minimum Gasteiger partial charge on any atom is -0.508 e. The summed E-state index contributed by atoms with van der Waals surface area (Å²) in [6.45, 7) is 5.52. The van der Waals surface area contributed by atoms with Gasteiger partial charge in [0.05, 0.1) is 13.1 Å². The number of aromatic hydroxyl groups is 1. The van der Waals surface area contributed by atoms with E-state index in [4.69, 9.17) is 4.74 Å². The van der Waals surface area contributed by atoms with E-state index in [2.05, 4.69) is 16.9 Å². The largest absolute Gasteiger partial charge is 0.508 e. The van der Waals surface area contributed by atoms with Gasteiger partial charge in [0.1, 0.15) is 24.5 Å². The van der Waals surface area contributed by atoms with Gasteiger partial charge in [0.25, 0.3) is 0 Å². The predicted molar refractivity (Wildman–Crippen MR) is 79.1 cm³/mol. The number of aliphatic hydroxyl groups excluding tert-OH is 1. The number of phenols is 1. The first-order chi connectivity index (χ1) is 10.5. The first-order valence-corrected chi connectivity index (χ1v) is 6.91. The number of rotatable bonds is 6. The van der Waals surface area contributed by atoms with Gasteiger partial charge in [-0.25, -0.2) is 4.79 Å². The molecule has 1 aromatic rings. The minimum atomic E-state index is -0.870. The lowest BCUT2D eigenvalue weighted by atomic mass is 10.1. The van der Waals surface area contributed by atoms with Crippen molar-refractivity contribution >= 4 is 5.97 Å². The lowest BCUT2D eigenvalue weighted by Crippen LogP contribution is -2.32. The zero-order valence-electron chi connectivity index (χ0n) is 12.3. The van der Waals surface area contributed by atoms with Crippen LogP contribution in [0.1, 0.15) is 18.5 Å². The lowest BCUT2D eigenvalue weighted by molar-refractivity contribution is -0.142. The third-order valence-electron chi connectivity index (χ3n) is 3.17. The van der Waals surface area contributed by atoms with Crippen LogP contribution in [0.25, 0.3) is 0 Å². The van der Waals surface area contributed by atoms with Crippen LogP contribution in [0.4, 0.5) is 0 Å². The molecule has 7 heteroatoms. The molecule has 0 aliphatic carbocycles. The molecule has 2 unspecified atom stereocenters. The molecule has 2 atom stereocenters. The topological polar surface area (TPSA) is 94.7 Å². The van der Waals surface area contributed by atoms with Gasteiger partial charge >= 0.3 is 5.97 Å². The smallest absolute Gasteiger partial charge is 0.333 e. The Morgan fingerprint density at radius 2 is 2.27 bits per heavy atom. The van der Waals surface area contributed by atoms with Crippen LogP contribution in [0.2, 0.25) is 0 Å². The van der Waals surface area contributed by atoms with Gasteiger partial charge in [-0.2, -0.15) is 5.11 Å². The van der Waals surface area contributed by atoms with Crippen LogP contribution < -0.4 is 0 Å². The van der Waals surface area contributed by atoms with Crippen molar-refractivity contribution in [3.63, 3.8) is 0 Å². The molecule has 1 aliphatic rings. The second kappa shape index (κ2) is 7.04. The summed E-state index contributed by atoms with van der Waals surface area (Å²) < 4.78 is 4.88. The Kier molecular flexibility index (Phi) is 5.11. The van der Waals surface area contributed by atoms with Gasteiger partial charge in [0.2, 0.25) is 0 Å². The van der Waals surface area contributed by atoms with Crippen LogP contribution in [0.15, 0.2) is 46.8 Å². The quantitative estimate of drug-likeness (QED) is 0.615. The molecule has 0 fully saturated rings. The number of hydrogen-bond acceptors (Lipinski definition) is 7. The summed E-state index contributed by atoms with van der Waals surface area (Å²) in [5, 5.41) is 29.3. The maximum atomic E-state index is 11.2. The molecular weight excluding hydrogens is 286 g/mol. The van der Waals surface area contributed by atoms with Gasteiger partial charge in [0, 0.05) is 11.1 Å². The van der Waals surface area contributed by atoms with E-state index in [0.717, 1.165) is 0 Å². The van der Waals surface area contributed by atoms with Crippen molar-refractivity contribution in [3.05, 3.63) is 42.0 Å². The van der Waals surface area contributed by atoms with Gasteiger partial charge in [-0.15, -0.1) is 0 Å². The highest BCUT2D eigenvalue weighted by Crippen LogP contribution is 2.30. The summed E-state index contributed by atoms with van der Waals surface area (Å²) in [6.07, 6.45) is -0.870. The van der Waals surface area contributed by atoms with E-state index in [1.165, 1.54) is 0 Å². The summed E-state index contributed by atoms with van der Waals surface area (Å²) >= 11 is 0. The van der Waals surface area contributed by atoms with Gasteiger partial charge in [-0.3, -0.25) is 5.01 Å². The van der Waals surface area contributed by atoms with Crippen molar-refractivity contribution in [2.75, 3.05) is 19.7 Å². The predicted octanol–water partition coefficient (Wildman–Crippen LogP) is 1.60. The van der Waals surface area contributed by atoms with Crippen LogP contribution in [0.5, 0.6) is 5.75 Å². The number of carbonyl (C=O) groups is 1. The van der Waals surface area contributed by atoms with Crippen LogP contribution in [-0.2, 0) is 9.53 Å². The average molecular weight is 305 g/mol. The number of ether oxygens (including phenoxy) is 1. The van der Waals surface area contributed by atoms with E-state index < -0.39 is 12.1 Å². The number of nitrogens with zero attached hydrogens (tertiary/aromatic N) is 3. The Balaban J connectivity index is 1.82. The Bertz CT molecular complexity index is 588. The van der Waals surface area contributed by atoms with Gasteiger partial charge in [-0.05, 0) is 13.0 Å². The second-order valence-corrected chi connectivity index (χ2v) is 5.18. The Morgan fingerprint density at radius 3 is 2.95 bits per heavy atom. The molecule has 0 saturated carbocycles. The maximum Gasteiger partial charge on any atom is 0.333 e. The zero-order chi connectivity index (χ0) is 16.1. The summed E-state index contributed by atoms with van der Waals surface area (Å²) in [4.78, 5) is 11.2. The van der Waals surface area contributed by atoms with Crippen molar-refractivity contribution in [1.82, 2.24) is 5.01 Å². The van der Waals surface area contributed by atoms with E-state index in [1.807, 2.05) is 6.07 Å². The fourth-order valence-corrected chi connectivity index (χ4v) is 2.04. The molecule has 1 heterocycles. The molecule has 0 amide bonds. The van der Waals surface area contributed by atoms with Gasteiger partial charge in [-0.1, -0.05) is 30.0 Å². The van der Waals surface area contributed by atoms with Crippen molar-refractivity contribution in [1.29, 1.82) is 0 Å². The Hall–Kier alpha value is -2.41. The number of esters is 1. The highest BCUT2D eigenvalue weighted by atomic mass is 16.5. The molecule has 118 valence electrons. The van der Waals surface area contributed by atoms with E-state index in [-0.39, 0.29) is 30.5 Å². The SMILES string of the molecule is C=C(C)C(=O)OCC(O)CN1CC(c2ccccc2O)N=N1. The number of para-hydroxylation sites is 1. The first-order valence-electron chi connectivity index (χ1n) is 6.91. The van der Waals surface area contributed by atoms with Crippen molar-refractivity contribution in [3.8, 4) is 5.75 Å². The van der Waals surface area contributed by atoms with Crippen LogP contribution in [0, 0.1) is 0 Å². The van der Waals surface area contributed by atoms with E-state index in [0.29, 0.717) is 12.1 Å². The molecule has 0 spiro atoms. The van der Waals surface area contributed by atoms with E-state index >= 15 is 0 Å². The number of phenolic OH excluding ortho intramolecular Hbond substituents is 1. The Labute approximate surface area is 128 Å². The number of β-amino-alcohol motifs (C(OH)–C–C–N with tert-alkyl or cyclic N) is 1. The molecule has 2 rings (SSSR count). The Morgan fingerprint density at radius 1 is 1.55 bits per heavy atom. The molecule has 22 heavy (non-hydrogen) atoms. The second-order valence-electron chi connectivity index (χ2n) is 5.18. The molecule has 7 nitrogen and oxygen atoms in total. The molecule has 0 radical (unpaired) electrons. The van der Waals surface area contributed by atoms with Crippen LogP contribution in [-0.4, -0.2) is 47.0 Å². The van der Waals surface area contributed by atoms with E-state index in [9.17, 15) is 15.0 Å². The molecule has 0 bridgehead atoms. The zero-order valence-corrected chi connectivity index (χ0v) is 12.3. The standard InChI is InChI=1S/C15H19N3O4/c1-10(2)15(21)22-9-11(19)7-18-8-13(16-17-18)12-5-3-4-6-14(12)20/h3-6,11,13,19-20H,1,7-9H2,2H3. The highest BCUT2D eigenvalue weighted by Gasteiger charge is 2.25. The number of carbonyl (C=O) groups excluding carboxylic acids is 1. The van der Waals surface area contributed by atoms with Crippen molar-refractivity contribution in [2.45, 2.75) is 19.1 Å². The summed E-state index contributed by atoms with van der Waals surface area (Å²) in [5.74, 6) is -0.363. The first kappa shape index (κ1) is 16.0. The molecule has 1 aromatic carbocycles. The minimum absolute atomic E-state index is 0.126. The third-order valence-corrected chi connectivity index (χ3v) is 3.17. The number of aliphatic hydroxyl groups is 1. The summed E-state index contributed by atoms with van der Waals surface area (Å²) in [5.41, 5.74) is 0.977. The summed E-state index contributed by atoms with van der Waals surface area (Å²) in [6, 6.07) is 6.67. The van der Waals surface area contributed by atoms with Gasteiger partial charge < -0.3 is 14.9 Å². The molecule has 1 aliphatic heterocycles. The third kappa shape index (κ3) is 4.05. The fraction of sp³-hybridized carbons (Fsp3) is 0.400. The molecule has 0 saturated heterocycles. The van der Waals surface area contributed by atoms with Crippen LogP contribution in [0.3, 0.4) is 0 Å². The number of hydrogen-bond donors (Lipinski definition) is 2.